The average molecular weight is 365 g/mol. The lowest BCUT2D eigenvalue weighted by Gasteiger charge is -2.02. The molecule has 3 aromatic rings. The third-order valence-electron chi connectivity index (χ3n) is 3.33. The van der Waals surface area contributed by atoms with Crippen LogP contribution in [0.1, 0.15) is 10.4 Å². The summed E-state index contributed by atoms with van der Waals surface area (Å²) < 4.78 is 30.0. The fourth-order valence-corrected chi connectivity index (χ4v) is 3.60. The van der Waals surface area contributed by atoms with E-state index in [-0.39, 0.29) is 0 Å². The Morgan fingerprint density at radius 1 is 1.29 bits per heavy atom. The van der Waals surface area contributed by atoms with Crippen LogP contribution in [0.15, 0.2) is 54.0 Å². The number of amides is 1. The first-order valence-corrected chi connectivity index (χ1v) is 8.13. The van der Waals surface area contributed by atoms with Crippen LogP contribution in [0.25, 0.3) is 10.2 Å². The molecule has 0 aliphatic carbocycles. The van der Waals surface area contributed by atoms with E-state index in [0.29, 0.717) is 16.4 Å². The summed E-state index contributed by atoms with van der Waals surface area (Å²) in [4.78, 5) is 16.5. The lowest BCUT2D eigenvalue weighted by Crippen LogP contribution is -2.17. The Bertz CT molecular complexity index is 1000. The quantitative estimate of drug-likeness (QED) is 0.627. The maximum absolute atomic E-state index is 13.8. The molecular formula is C17H11ClF2N2OS. The Balaban J connectivity index is 2.21. The minimum Gasteiger partial charge on any atom is -0.312 e. The minimum absolute atomic E-state index is 0.319. The van der Waals surface area contributed by atoms with E-state index in [9.17, 15) is 13.6 Å². The Morgan fingerprint density at radius 2 is 2.00 bits per heavy atom. The zero-order valence-corrected chi connectivity index (χ0v) is 13.9. The second-order valence-corrected chi connectivity index (χ2v) is 6.36. The predicted molar refractivity (Wildman–Crippen MR) is 91.3 cm³/mol. The number of hydrogen-bond acceptors (Lipinski definition) is 2. The highest BCUT2D eigenvalue weighted by Crippen LogP contribution is 2.22. The van der Waals surface area contributed by atoms with Crippen LogP contribution in [0.4, 0.5) is 8.78 Å². The molecule has 24 heavy (non-hydrogen) atoms. The number of thiazole rings is 1. The zero-order chi connectivity index (χ0) is 17.3. The van der Waals surface area contributed by atoms with Crippen molar-refractivity contribution in [1.29, 1.82) is 0 Å². The number of nitrogens with zero attached hydrogens (tertiary/aromatic N) is 2. The zero-order valence-electron chi connectivity index (χ0n) is 12.3. The number of carbonyl (C=O) groups excluding carboxylic acids is 1. The topological polar surface area (TPSA) is 34.4 Å². The number of rotatable bonds is 3. The van der Waals surface area contributed by atoms with Crippen LogP contribution in [0.2, 0.25) is 5.02 Å². The average Bonchev–Trinajstić information content (AvgIpc) is 2.84. The first-order chi connectivity index (χ1) is 11.5. The van der Waals surface area contributed by atoms with Gasteiger partial charge in [-0.05, 0) is 30.3 Å². The van der Waals surface area contributed by atoms with Gasteiger partial charge >= 0.3 is 0 Å². The van der Waals surface area contributed by atoms with Gasteiger partial charge in [0.15, 0.2) is 4.80 Å². The minimum atomic E-state index is -0.971. The Hall–Kier alpha value is -2.31. The molecule has 0 atom stereocenters. The van der Waals surface area contributed by atoms with E-state index in [4.69, 9.17) is 11.6 Å². The van der Waals surface area contributed by atoms with Gasteiger partial charge in [0.25, 0.3) is 5.91 Å². The van der Waals surface area contributed by atoms with Crippen molar-refractivity contribution in [2.45, 2.75) is 6.54 Å². The lowest BCUT2D eigenvalue weighted by atomic mass is 10.2. The smallest absolute Gasteiger partial charge is 0.285 e. The summed E-state index contributed by atoms with van der Waals surface area (Å²) in [5.74, 6) is -2.85. The molecule has 0 radical (unpaired) electrons. The van der Waals surface area contributed by atoms with Crippen molar-refractivity contribution in [2.75, 3.05) is 0 Å². The summed E-state index contributed by atoms with van der Waals surface area (Å²) in [5.41, 5.74) is 0.142. The summed E-state index contributed by atoms with van der Waals surface area (Å²) in [6.45, 7) is 4.07. The summed E-state index contributed by atoms with van der Waals surface area (Å²) in [6, 6.07) is 8.50. The second kappa shape index (κ2) is 6.67. The Morgan fingerprint density at radius 3 is 2.67 bits per heavy atom. The molecule has 1 amide bonds. The van der Waals surface area contributed by atoms with Gasteiger partial charge in [-0.15, -0.1) is 6.58 Å². The van der Waals surface area contributed by atoms with Crippen LogP contribution in [-0.4, -0.2) is 10.5 Å². The van der Waals surface area contributed by atoms with Crippen LogP contribution in [0.3, 0.4) is 0 Å². The fourth-order valence-electron chi connectivity index (χ4n) is 2.28. The SMILES string of the molecule is C=CCn1c(=NC(=O)c2c(F)cccc2F)sc2cc(Cl)ccc21. The molecule has 0 saturated carbocycles. The summed E-state index contributed by atoms with van der Waals surface area (Å²) in [6.07, 6.45) is 1.65. The van der Waals surface area contributed by atoms with E-state index in [1.54, 1.807) is 28.8 Å². The van der Waals surface area contributed by atoms with Gasteiger partial charge < -0.3 is 4.57 Å². The molecule has 2 aromatic carbocycles. The van der Waals surface area contributed by atoms with Gasteiger partial charge in [0.1, 0.15) is 17.2 Å². The third-order valence-corrected chi connectivity index (χ3v) is 4.61. The molecule has 3 rings (SSSR count). The Labute approximate surface area is 145 Å². The van der Waals surface area contributed by atoms with Gasteiger partial charge in [0.05, 0.1) is 10.2 Å². The number of benzene rings is 2. The highest BCUT2D eigenvalue weighted by atomic mass is 35.5. The molecule has 0 N–H and O–H groups in total. The normalized spacial score (nSPS) is 11.9. The van der Waals surface area contributed by atoms with E-state index >= 15 is 0 Å². The van der Waals surface area contributed by atoms with Gasteiger partial charge in [-0.1, -0.05) is 35.1 Å². The summed E-state index contributed by atoms with van der Waals surface area (Å²) in [5, 5.41) is 0.549. The van der Waals surface area contributed by atoms with Gasteiger partial charge in [-0.2, -0.15) is 4.99 Å². The number of fused-ring (bicyclic) bond motifs is 1. The molecule has 0 unspecified atom stereocenters. The van der Waals surface area contributed by atoms with Crippen molar-refractivity contribution in [3.05, 3.63) is 76.1 Å². The van der Waals surface area contributed by atoms with Gasteiger partial charge in [0.2, 0.25) is 0 Å². The molecule has 1 aromatic heterocycles. The van der Waals surface area contributed by atoms with E-state index in [0.717, 1.165) is 22.3 Å². The van der Waals surface area contributed by atoms with E-state index in [2.05, 4.69) is 11.6 Å². The van der Waals surface area contributed by atoms with Crippen molar-refractivity contribution in [2.24, 2.45) is 4.99 Å². The molecule has 3 nitrogen and oxygen atoms in total. The van der Waals surface area contributed by atoms with Crippen LogP contribution >= 0.6 is 22.9 Å². The van der Waals surface area contributed by atoms with Crippen molar-refractivity contribution in [3.8, 4) is 0 Å². The summed E-state index contributed by atoms with van der Waals surface area (Å²) >= 11 is 7.19. The molecule has 0 saturated heterocycles. The van der Waals surface area contributed by atoms with Crippen LogP contribution in [0, 0.1) is 11.6 Å². The molecule has 0 bridgehead atoms. The number of carbonyl (C=O) groups is 1. The van der Waals surface area contributed by atoms with Crippen LogP contribution < -0.4 is 4.80 Å². The first-order valence-electron chi connectivity index (χ1n) is 6.94. The second-order valence-electron chi connectivity index (χ2n) is 4.91. The molecule has 1 heterocycles. The molecule has 7 heteroatoms. The maximum atomic E-state index is 13.8. The van der Waals surface area contributed by atoms with Gasteiger partial charge in [0, 0.05) is 11.6 Å². The summed E-state index contributed by atoms with van der Waals surface area (Å²) in [7, 11) is 0. The van der Waals surface area contributed by atoms with Gasteiger partial charge in [-0.3, -0.25) is 4.79 Å². The van der Waals surface area contributed by atoms with Crippen LogP contribution in [0.5, 0.6) is 0 Å². The number of allylic oxidation sites excluding steroid dienone is 1. The molecule has 0 aliphatic rings. The highest BCUT2D eigenvalue weighted by Gasteiger charge is 2.17. The number of aromatic nitrogens is 1. The maximum Gasteiger partial charge on any atom is 0.285 e. The standard InChI is InChI=1S/C17H11ClF2N2OS/c1-2-8-22-13-7-6-10(18)9-14(13)24-17(22)21-16(23)15-11(19)4-3-5-12(15)20/h2-7,9H,1,8H2. The van der Waals surface area contributed by atoms with Crippen molar-refractivity contribution >= 4 is 39.1 Å². The molecular weight excluding hydrogens is 354 g/mol. The Kier molecular flexibility index (Phi) is 4.59. The molecule has 122 valence electrons. The van der Waals surface area contributed by atoms with E-state index in [1.807, 2.05) is 0 Å². The van der Waals surface area contributed by atoms with Crippen LogP contribution in [-0.2, 0) is 6.54 Å². The molecule has 0 aliphatic heterocycles. The molecule has 0 fully saturated rings. The predicted octanol–water partition coefficient (Wildman–Crippen LogP) is 4.56. The largest absolute Gasteiger partial charge is 0.312 e. The van der Waals surface area contributed by atoms with Gasteiger partial charge in [-0.25, -0.2) is 8.78 Å². The van der Waals surface area contributed by atoms with E-state index < -0.39 is 23.1 Å². The number of halogens is 3. The lowest BCUT2D eigenvalue weighted by molar-refractivity contribution is 0.0990. The molecule has 0 spiro atoms. The van der Waals surface area contributed by atoms with Crippen molar-refractivity contribution < 1.29 is 13.6 Å². The highest BCUT2D eigenvalue weighted by molar-refractivity contribution is 7.16. The third kappa shape index (κ3) is 3.02. The van der Waals surface area contributed by atoms with Crippen molar-refractivity contribution in [1.82, 2.24) is 4.57 Å². The first kappa shape index (κ1) is 16.5. The monoisotopic (exact) mass is 364 g/mol. The fraction of sp³-hybridized carbons (Fsp3) is 0.0588. The van der Waals surface area contributed by atoms with E-state index in [1.165, 1.54) is 17.4 Å². The van der Waals surface area contributed by atoms with Crippen molar-refractivity contribution in [3.63, 3.8) is 0 Å². The number of hydrogen-bond donors (Lipinski definition) is 0.